The second-order valence-corrected chi connectivity index (χ2v) is 10.0. The molecule has 0 aromatic heterocycles. The molecule has 0 spiro atoms. The second-order valence-electron chi connectivity index (χ2n) is 10.0. The summed E-state index contributed by atoms with van der Waals surface area (Å²) in [4.78, 5) is 13.4. The van der Waals surface area contributed by atoms with Crippen molar-refractivity contribution in [2.24, 2.45) is 0 Å². The molecule has 4 rings (SSSR count). The van der Waals surface area contributed by atoms with Crippen molar-refractivity contribution in [1.82, 2.24) is 0 Å². The van der Waals surface area contributed by atoms with Gasteiger partial charge >= 0.3 is 5.97 Å². The van der Waals surface area contributed by atoms with Gasteiger partial charge in [0.15, 0.2) is 0 Å². The van der Waals surface area contributed by atoms with Crippen molar-refractivity contribution in [2.75, 3.05) is 4.90 Å². The van der Waals surface area contributed by atoms with E-state index in [9.17, 15) is 4.79 Å². The molecule has 3 heteroatoms. The summed E-state index contributed by atoms with van der Waals surface area (Å²) in [6.07, 6.45) is 1.12. The summed E-state index contributed by atoms with van der Waals surface area (Å²) in [7, 11) is 0. The second kappa shape index (κ2) is 10.9. The number of carboxylic acids is 1. The topological polar surface area (TPSA) is 40.5 Å². The van der Waals surface area contributed by atoms with Crippen LogP contribution >= 0.6 is 0 Å². The van der Waals surface area contributed by atoms with Gasteiger partial charge in [-0.15, -0.1) is 0 Å². The van der Waals surface area contributed by atoms with E-state index in [-0.39, 0.29) is 5.57 Å². The smallest absolute Gasteiger partial charge is 0.330 e. The Morgan fingerprint density at radius 2 is 1.27 bits per heavy atom. The zero-order chi connectivity index (χ0) is 26.7. The molecule has 0 amide bonds. The molecule has 0 aliphatic rings. The summed E-state index contributed by atoms with van der Waals surface area (Å²) in [6.45, 7) is 14.5. The first kappa shape index (κ1) is 26.0. The number of benzene rings is 4. The molecule has 4 aromatic rings. The van der Waals surface area contributed by atoms with Crippen molar-refractivity contribution in [3.63, 3.8) is 0 Å². The fourth-order valence-electron chi connectivity index (χ4n) is 5.04. The Morgan fingerprint density at radius 3 is 1.81 bits per heavy atom. The zero-order valence-corrected chi connectivity index (χ0v) is 22.4. The molecule has 0 aliphatic carbocycles. The van der Waals surface area contributed by atoms with Gasteiger partial charge in [0.05, 0.1) is 5.69 Å². The standard InChI is InChI=1S/C34H35NO2/c1-22-7-18-32(25(4)19-22)35(33-26(5)20-23(2)21-27(33)6)31-16-14-30(15-17-31)29-12-10-28(11-13-29)9-8-24(3)34(36)37/h7,10-21H,3,8-9H2,1-2,4-6H3,(H,36,37). The minimum Gasteiger partial charge on any atom is -0.478 e. The average molecular weight is 490 g/mol. The summed E-state index contributed by atoms with van der Waals surface area (Å²) in [5.41, 5.74) is 13.4. The SMILES string of the molecule is C=C(CCc1ccc(-c2ccc(N(c3ccc(C)cc3C)c3c(C)cc(C)cc3C)cc2)cc1)C(=O)O. The molecule has 0 heterocycles. The van der Waals surface area contributed by atoms with Gasteiger partial charge in [0.25, 0.3) is 0 Å². The van der Waals surface area contributed by atoms with Crippen molar-refractivity contribution in [3.05, 3.63) is 124 Å². The number of aliphatic carboxylic acids is 1. The lowest BCUT2D eigenvalue weighted by atomic mass is 9.99. The number of aryl methyl sites for hydroxylation is 6. The molecule has 0 bridgehead atoms. The molecule has 0 fully saturated rings. The van der Waals surface area contributed by atoms with E-state index in [2.05, 4.69) is 125 Å². The highest BCUT2D eigenvalue weighted by molar-refractivity contribution is 5.86. The molecule has 0 aliphatic heterocycles. The van der Waals surface area contributed by atoms with E-state index in [4.69, 9.17) is 5.11 Å². The lowest BCUT2D eigenvalue weighted by Crippen LogP contribution is -2.14. The van der Waals surface area contributed by atoms with Crippen LogP contribution in [0.2, 0.25) is 0 Å². The summed E-state index contributed by atoms with van der Waals surface area (Å²) >= 11 is 0. The predicted molar refractivity (Wildman–Crippen MR) is 155 cm³/mol. The maximum atomic E-state index is 11.0. The third-order valence-electron chi connectivity index (χ3n) is 6.88. The number of hydrogen-bond acceptors (Lipinski definition) is 2. The Kier molecular flexibility index (Phi) is 7.63. The molecule has 0 saturated carbocycles. The minimum atomic E-state index is -0.928. The van der Waals surface area contributed by atoms with E-state index >= 15 is 0 Å². The summed E-state index contributed by atoms with van der Waals surface area (Å²) in [5.74, 6) is -0.928. The number of anilines is 3. The van der Waals surface area contributed by atoms with Gasteiger partial charge in [0.2, 0.25) is 0 Å². The van der Waals surface area contributed by atoms with E-state index in [0.29, 0.717) is 12.8 Å². The number of hydrogen-bond donors (Lipinski definition) is 1. The highest BCUT2D eigenvalue weighted by Crippen LogP contribution is 2.41. The maximum Gasteiger partial charge on any atom is 0.330 e. The molecule has 0 atom stereocenters. The van der Waals surface area contributed by atoms with Crippen molar-refractivity contribution >= 4 is 23.0 Å². The lowest BCUT2D eigenvalue weighted by molar-refractivity contribution is -0.132. The average Bonchev–Trinajstić information content (AvgIpc) is 2.85. The van der Waals surface area contributed by atoms with Crippen LogP contribution in [0.5, 0.6) is 0 Å². The number of nitrogens with zero attached hydrogens (tertiary/aromatic N) is 1. The van der Waals surface area contributed by atoms with Gasteiger partial charge < -0.3 is 10.0 Å². The Morgan fingerprint density at radius 1 is 0.730 bits per heavy atom. The van der Waals surface area contributed by atoms with E-state index in [1.54, 1.807) is 0 Å². The van der Waals surface area contributed by atoms with Crippen LogP contribution in [0, 0.1) is 34.6 Å². The predicted octanol–water partition coefficient (Wildman–Crippen LogP) is 8.94. The highest BCUT2D eigenvalue weighted by atomic mass is 16.4. The number of carbonyl (C=O) groups is 1. The number of rotatable bonds is 8. The lowest BCUT2D eigenvalue weighted by Gasteiger charge is -2.30. The largest absolute Gasteiger partial charge is 0.478 e. The van der Waals surface area contributed by atoms with Crippen molar-refractivity contribution < 1.29 is 9.90 Å². The molecule has 3 nitrogen and oxygen atoms in total. The molecule has 188 valence electrons. The van der Waals surface area contributed by atoms with E-state index in [1.807, 2.05) is 0 Å². The summed E-state index contributed by atoms with van der Waals surface area (Å²) in [6, 6.07) is 28.2. The number of carboxylic acid groups (broad SMARTS) is 1. The van der Waals surface area contributed by atoms with Gasteiger partial charge in [-0.3, -0.25) is 0 Å². The first-order valence-corrected chi connectivity index (χ1v) is 12.7. The van der Waals surface area contributed by atoms with Gasteiger partial charge in [-0.1, -0.05) is 78.4 Å². The van der Waals surface area contributed by atoms with Crippen LogP contribution in [-0.2, 0) is 11.2 Å². The van der Waals surface area contributed by atoms with Gasteiger partial charge in [-0.2, -0.15) is 0 Å². The van der Waals surface area contributed by atoms with Crippen LogP contribution in [0.15, 0.2) is 91.0 Å². The monoisotopic (exact) mass is 489 g/mol. The first-order valence-electron chi connectivity index (χ1n) is 12.7. The maximum absolute atomic E-state index is 11.0. The molecule has 4 aromatic carbocycles. The summed E-state index contributed by atoms with van der Waals surface area (Å²) in [5, 5.41) is 9.03. The Balaban J connectivity index is 1.68. The minimum absolute atomic E-state index is 0.243. The first-order chi connectivity index (χ1) is 17.6. The van der Waals surface area contributed by atoms with Crippen molar-refractivity contribution in [2.45, 2.75) is 47.5 Å². The van der Waals surface area contributed by atoms with Crippen LogP contribution in [0.3, 0.4) is 0 Å². The van der Waals surface area contributed by atoms with E-state index in [1.165, 1.54) is 39.2 Å². The third kappa shape index (κ3) is 5.83. The Hall–Kier alpha value is -4.11. The van der Waals surface area contributed by atoms with Crippen LogP contribution in [0.25, 0.3) is 11.1 Å². The van der Waals surface area contributed by atoms with Crippen LogP contribution < -0.4 is 4.90 Å². The quantitative estimate of drug-likeness (QED) is 0.251. The normalized spacial score (nSPS) is 10.8. The molecule has 0 unspecified atom stereocenters. The fraction of sp³-hybridized carbons (Fsp3) is 0.206. The van der Waals surface area contributed by atoms with E-state index < -0.39 is 5.97 Å². The van der Waals surface area contributed by atoms with Crippen LogP contribution in [-0.4, -0.2) is 11.1 Å². The van der Waals surface area contributed by atoms with Gasteiger partial charge in [-0.25, -0.2) is 4.79 Å². The van der Waals surface area contributed by atoms with Gasteiger partial charge in [-0.05, 0) is 99.0 Å². The highest BCUT2D eigenvalue weighted by Gasteiger charge is 2.19. The molecular weight excluding hydrogens is 454 g/mol. The molecular formula is C34H35NO2. The fourth-order valence-corrected chi connectivity index (χ4v) is 5.04. The summed E-state index contributed by atoms with van der Waals surface area (Å²) < 4.78 is 0. The molecule has 1 N–H and O–H groups in total. The van der Waals surface area contributed by atoms with Crippen LogP contribution in [0.4, 0.5) is 17.1 Å². The third-order valence-corrected chi connectivity index (χ3v) is 6.88. The van der Waals surface area contributed by atoms with Crippen molar-refractivity contribution in [3.8, 4) is 11.1 Å². The van der Waals surface area contributed by atoms with Gasteiger partial charge in [0.1, 0.15) is 0 Å². The van der Waals surface area contributed by atoms with E-state index in [0.717, 1.165) is 22.4 Å². The molecule has 0 saturated heterocycles. The Bertz CT molecular complexity index is 1420. The Labute approximate surface area is 220 Å². The zero-order valence-electron chi connectivity index (χ0n) is 22.4. The van der Waals surface area contributed by atoms with Gasteiger partial charge in [0, 0.05) is 16.9 Å². The molecule has 0 radical (unpaired) electrons. The van der Waals surface area contributed by atoms with Crippen molar-refractivity contribution in [1.29, 1.82) is 0 Å². The molecule has 37 heavy (non-hydrogen) atoms. The van der Waals surface area contributed by atoms with Crippen LogP contribution in [0.1, 0.15) is 39.8 Å².